The molecule has 12 heteroatoms. The third kappa shape index (κ3) is 6.57. The van der Waals surface area contributed by atoms with Crippen molar-refractivity contribution in [3.63, 3.8) is 0 Å². The number of hydrogen-bond acceptors (Lipinski definition) is 6. The van der Waals surface area contributed by atoms with Crippen molar-refractivity contribution in [2.24, 2.45) is 5.14 Å². The van der Waals surface area contributed by atoms with Crippen LogP contribution in [-0.4, -0.2) is 43.2 Å². The summed E-state index contributed by atoms with van der Waals surface area (Å²) in [6, 6.07) is 13.2. The Morgan fingerprint density at radius 1 is 1.12 bits per heavy atom. The zero-order chi connectivity index (χ0) is 24.9. The molecule has 3 aromatic rings. The Hall–Kier alpha value is -2.92. The van der Waals surface area contributed by atoms with Crippen molar-refractivity contribution in [3.8, 4) is 0 Å². The zero-order valence-electron chi connectivity index (χ0n) is 18.1. The first-order chi connectivity index (χ1) is 16.1. The molecule has 0 atom stereocenters. The number of esters is 1. The second-order valence-corrected chi connectivity index (χ2v) is 9.69. The van der Waals surface area contributed by atoms with Gasteiger partial charge in [-0.3, -0.25) is 4.79 Å². The average molecular weight is 525 g/mol. The Bertz CT molecular complexity index is 1310. The van der Waals surface area contributed by atoms with Crippen LogP contribution in [0.3, 0.4) is 0 Å². The van der Waals surface area contributed by atoms with Gasteiger partial charge in [0.25, 0.3) is 5.91 Å². The lowest BCUT2D eigenvalue weighted by Gasteiger charge is -2.08. The number of hydrogen-bond donors (Lipinski definition) is 2. The molecule has 180 valence electrons. The molecule has 3 rings (SSSR count). The summed E-state index contributed by atoms with van der Waals surface area (Å²) in [6.07, 6.45) is 0.449. The Morgan fingerprint density at radius 3 is 2.44 bits per heavy atom. The fourth-order valence-corrected chi connectivity index (χ4v) is 4.15. The molecule has 0 bridgehead atoms. The third-order valence-corrected chi connectivity index (χ3v) is 6.55. The minimum absolute atomic E-state index is 0.0105. The van der Waals surface area contributed by atoms with E-state index in [0.29, 0.717) is 17.1 Å². The number of aromatic nitrogens is 2. The van der Waals surface area contributed by atoms with Crippen molar-refractivity contribution >= 4 is 45.1 Å². The molecule has 0 fully saturated rings. The summed E-state index contributed by atoms with van der Waals surface area (Å²) < 4.78 is 29.1. The molecular weight excluding hydrogens is 503 g/mol. The van der Waals surface area contributed by atoms with E-state index in [9.17, 15) is 18.0 Å². The maximum absolute atomic E-state index is 12.5. The topological polar surface area (TPSA) is 133 Å². The first-order valence-corrected chi connectivity index (χ1v) is 12.4. The summed E-state index contributed by atoms with van der Waals surface area (Å²) in [5.74, 6) is -1.26. The molecule has 34 heavy (non-hydrogen) atoms. The van der Waals surface area contributed by atoms with E-state index in [0.717, 1.165) is 11.1 Å². The van der Waals surface area contributed by atoms with Gasteiger partial charge in [-0.2, -0.15) is 5.10 Å². The predicted molar refractivity (Wildman–Crippen MR) is 127 cm³/mol. The zero-order valence-corrected chi connectivity index (χ0v) is 20.5. The van der Waals surface area contributed by atoms with Crippen LogP contribution < -0.4 is 10.5 Å². The number of nitrogens with two attached hydrogens (primary N) is 1. The van der Waals surface area contributed by atoms with Gasteiger partial charge in [-0.1, -0.05) is 53.5 Å². The molecule has 0 saturated carbocycles. The molecule has 0 aliphatic rings. The van der Waals surface area contributed by atoms with Crippen LogP contribution in [0, 0.1) is 6.92 Å². The maximum atomic E-state index is 12.5. The molecule has 0 saturated heterocycles. The normalized spacial score (nSPS) is 11.3. The van der Waals surface area contributed by atoms with Gasteiger partial charge in [-0.25, -0.2) is 23.0 Å². The van der Waals surface area contributed by atoms with E-state index in [1.165, 1.54) is 16.8 Å². The molecule has 1 amide bonds. The standard InChI is InChI=1S/C22H22Cl2N4O5S/c1-14-20(21(24)28(27-14)12-16-4-2-3-5-18(16)23)22(30)33-13-19(29)26-11-10-15-6-8-17(9-7-15)34(25,31)32/h2-9H,10-13H2,1H3,(H,26,29)(H2,25,31,32). The number of nitrogens with zero attached hydrogens (tertiary/aromatic N) is 2. The highest BCUT2D eigenvalue weighted by atomic mass is 35.5. The largest absolute Gasteiger partial charge is 0.452 e. The van der Waals surface area contributed by atoms with Crippen LogP contribution in [0.25, 0.3) is 0 Å². The van der Waals surface area contributed by atoms with Gasteiger partial charge in [-0.05, 0) is 42.7 Å². The molecular formula is C22H22Cl2N4O5S. The first kappa shape index (κ1) is 25.7. The summed E-state index contributed by atoms with van der Waals surface area (Å²) in [6.45, 7) is 1.66. The molecule has 0 unspecified atom stereocenters. The van der Waals surface area contributed by atoms with Gasteiger partial charge < -0.3 is 10.1 Å². The van der Waals surface area contributed by atoms with E-state index < -0.39 is 28.5 Å². The highest BCUT2D eigenvalue weighted by Gasteiger charge is 2.23. The Balaban J connectivity index is 1.51. The van der Waals surface area contributed by atoms with Gasteiger partial charge >= 0.3 is 5.97 Å². The van der Waals surface area contributed by atoms with Gasteiger partial charge in [0.15, 0.2) is 6.61 Å². The second kappa shape index (κ2) is 11.0. The van der Waals surface area contributed by atoms with Crippen molar-refractivity contribution < 1.29 is 22.7 Å². The number of ether oxygens (including phenoxy) is 1. The fraction of sp³-hybridized carbons (Fsp3) is 0.227. The number of benzene rings is 2. The number of carbonyl (C=O) groups excluding carboxylic acids is 2. The number of halogens is 2. The lowest BCUT2D eigenvalue weighted by atomic mass is 10.1. The Morgan fingerprint density at radius 2 is 1.79 bits per heavy atom. The molecule has 2 aromatic carbocycles. The van der Waals surface area contributed by atoms with E-state index in [4.69, 9.17) is 33.1 Å². The number of aryl methyl sites for hydroxylation is 1. The van der Waals surface area contributed by atoms with Crippen LogP contribution in [0.4, 0.5) is 0 Å². The quantitative estimate of drug-likeness (QED) is 0.413. The lowest BCUT2D eigenvalue weighted by Crippen LogP contribution is -2.30. The van der Waals surface area contributed by atoms with Crippen LogP contribution in [0.1, 0.15) is 27.2 Å². The molecule has 0 aliphatic heterocycles. The molecule has 0 radical (unpaired) electrons. The summed E-state index contributed by atoms with van der Waals surface area (Å²) >= 11 is 12.5. The highest BCUT2D eigenvalue weighted by molar-refractivity contribution is 7.89. The van der Waals surface area contributed by atoms with Crippen molar-refractivity contribution in [2.45, 2.75) is 24.8 Å². The van der Waals surface area contributed by atoms with Crippen LogP contribution >= 0.6 is 23.2 Å². The minimum atomic E-state index is -3.75. The van der Waals surface area contributed by atoms with Gasteiger partial charge in [0.05, 0.1) is 17.1 Å². The SMILES string of the molecule is Cc1nn(Cc2ccccc2Cl)c(Cl)c1C(=O)OCC(=O)NCCc1ccc(S(N)(=O)=O)cc1. The molecule has 1 heterocycles. The van der Waals surface area contributed by atoms with E-state index in [2.05, 4.69) is 10.4 Å². The summed E-state index contributed by atoms with van der Waals surface area (Å²) in [5.41, 5.74) is 2.03. The smallest absolute Gasteiger partial charge is 0.343 e. The van der Waals surface area contributed by atoms with Gasteiger partial charge in [0, 0.05) is 11.6 Å². The third-order valence-electron chi connectivity index (χ3n) is 4.87. The fourth-order valence-electron chi connectivity index (χ4n) is 3.12. The predicted octanol–water partition coefficient (Wildman–Crippen LogP) is 2.71. The Kier molecular flexibility index (Phi) is 8.32. The van der Waals surface area contributed by atoms with E-state index >= 15 is 0 Å². The van der Waals surface area contributed by atoms with Crippen molar-refractivity contribution in [1.82, 2.24) is 15.1 Å². The molecule has 0 aliphatic carbocycles. The van der Waals surface area contributed by atoms with Crippen LogP contribution in [0.15, 0.2) is 53.4 Å². The van der Waals surface area contributed by atoms with E-state index in [1.807, 2.05) is 12.1 Å². The second-order valence-electron chi connectivity index (χ2n) is 7.37. The highest BCUT2D eigenvalue weighted by Crippen LogP contribution is 2.24. The van der Waals surface area contributed by atoms with Crippen molar-refractivity contribution in [3.05, 3.63) is 81.1 Å². The van der Waals surface area contributed by atoms with Gasteiger partial charge in [0.1, 0.15) is 10.7 Å². The lowest BCUT2D eigenvalue weighted by molar-refractivity contribution is -0.124. The first-order valence-electron chi connectivity index (χ1n) is 10.1. The van der Waals surface area contributed by atoms with E-state index in [-0.39, 0.29) is 28.7 Å². The molecule has 1 aromatic heterocycles. The summed E-state index contributed by atoms with van der Waals surface area (Å²) in [5, 5.41) is 12.6. The maximum Gasteiger partial charge on any atom is 0.343 e. The number of carbonyl (C=O) groups is 2. The number of nitrogens with one attached hydrogen (secondary N) is 1. The van der Waals surface area contributed by atoms with Crippen LogP contribution in [-0.2, 0) is 32.5 Å². The number of amides is 1. The monoisotopic (exact) mass is 524 g/mol. The molecule has 9 nitrogen and oxygen atoms in total. The van der Waals surface area contributed by atoms with E-state index in [1.54, 1.807) is 31.2 Å². The summed E-state index contributed by atoms with van der Waals surface area (Å²) in [4.78, 5) is 24.6. The molecule has 0 spiro atoms. The number of sulfonamides is 1. The van der Waals surface area contributed by atoms with Crippen LogP contribution in [0.2, 0.25) is 10.2 Å². The minimum Gasteiger partial charge on any atom is -0.452 e. The molecule has 3 N–H and O–H groups in total. The van der Waals surface area contributed by atoms with Crippen LogP contribution in [0.5, 0.6) is 0 Å². The number of primary sulfonamides is 1. The average Bonchev–Trinajstić information content (AvgIpc) is 3.06. The van der Waals surface area contributed by atoms with Gasteiger partial charge in [0.2, 0.25) is 10.0 Å². The van der Waals surface area contributed by atoms with Crippen molar-refractivity contribution in [2.75, 3.05) is 13.2 Å². The summed E-state index contributed by atoms with van der Waals surface area (Å²) in [7, 11) is -3.75. The number of rotatable bonds is 9. The Labute approximate surface area is 206 Å². The van der Waals surface area contributed by atoms with Gasteiger partial charge in [-0.15, -0.1) is 0 Å². The van der Waals surface area contributed by atoms with Crippen molar-refractivity contribution in [1.29, 1.82) is 0 Å².